The number of rotatable bonds is 4. The first-order chi connectivity index (χ1) is 8.67. The minimum Gasteiger partial charge on any atom is -0.326 e. The van der Waals surface area contributed by atoms with Crippen molar-refractivity contribution in [1.82, 2.24) is 9.13 Å². The van der Waals surface area contributed by atoms with E-state index < -0.39 is 0 Å². The Morgan fingerprint density at radius 3 is 2.50 bits per heavy atom. The summed E-state index contributed by atoms with van der Waals surface area (Å²) < 4.78 is 17.0. The quantitative estimate of drug-likeness (QED) is 0.888. The molecule has 0 saturated heterocycles. The normalized spacial score (nSPS) is 10.8. The molecule has 0 unspecified atom stereocenters. The smallest absolute Gasteiger partial charge is 0.326 e. The van der Waals surface area contributed by atoms with Crippen molar-refractivity contribution in [2.75, 3.05) is 0 Å². The summed E-state index contributed by atoms with van der Waals surface area (Å²) in [4.78, 5) is 11.8. The van der Waals surface area contributed by atoms with E-state index in [0.29, 0.717) is 17.7 Å². The van der Waals surface area contributed by atoms with Gasteiger partial charge in [-0.15, -0.1) is 0 Å². The van der Waals surface area contributed by atoms with Crippen LogP contribution in [0.3, 0.4) is 0 Å². The fraction of sp³-hybridized carbons (Fsp3) is 0.308. The van der Waals surface area contributed by atoms with E-state index in [1.807, 2.05) is 6.92 Å². The van der Waals surface area contributed by atoms with Crippen LogP contribution in [0.2, 0.25) is 0 Å². The molecule has 0 aliphatic rings. The Morgan fingerprint density at radius 2 is 1.89 bits per heavy atom. The molecule has 0 spiro atoms. The molecule has 5 heteroatoms. The molecule has 2 N–H and O–H groups in total. The van der Waals surface area contributed by atoms with E-state index in [2.05, 4.69) is 0 Å². The van der Waals surface area contributed by atoms with Gasteiger partial charge in [-0.3, -0.25) is 9.13 Å². The van der Waals surface area contributed by atoms with Crippen LogP contribution in [0.5, 0.6) is 0 Å². The van der Waals surface area contributed by atoms with Crippen molar-refractivity contribution in [3.63, 3.8) is 0 Å². The largest absolute Gasteiger partial charge is 0.328 e. The average Bonchev–Trinajstić information content (AvgIpc) is 2.73. The highest BCUT2D eigenvalue weighted by Crippen LogP contribution is 2.13. The highest BCUT2D eigenvalue weighted by Gasteiger charge is 2.09. The maximum absolute atomic E-state index is 14.0. The van der Waals surface area contributed by atoms with Crippen molar-refractivity contribution in [2.45, 2.75) is 26.6 Å². The summed E-state index contributed by atoms with van der Waals surface area (Å²) in [6, 6.07) is 5.07. The molecule has 0 radical (unpaired) electrons. The van der Waals surface area contributed by atoms with Crippen molar-refractivity contribution in [3.8, 4) is 0 Å². The van der Waals surface area contributed by atoms with Crippen molar-refractivity contribution < 1.29 is 4.39 Å². The fourth-order valence-corrected chi connectivity index (χ4v) is 1.91. The van der Waals surface area contributed by atoms with Crippen LogP contribution in [0.1, 0.15) is 18.1 Å². The van der Waals surface area contributed by atoms with E-state index in [1.165, 1.54) is 4.57 Å². The van der Waals surface area contributed by atoms with Crippen LogP contribution in [0.25, 0.3) is 0 Å². The van der Waals surface area contributed by atoms with Crippen LogP contribution in [0.4, 0.5) is 4.39 Å². The molecule has 0 atom stereocenters. The van der Waals surface area contributed by atoms with Gasteiger partial charge in [-0.1, -0.05) is 18.2 Å². The third kappa shape index (κ3) is 2.22. The average molecular weight is 249 g/mol. The third-order valence-corrected chi connectivity index (χ3v) is 2.98. The predicted octanol–water partition coefficient (Wildman–Crippen LogP) is 1.32. The Kier molecular flexibility index (Phi) is 3.62. The maximum Gasteiger partial charge on any atom is 0.328 e. The molecule has 0 fully saturated rings. The van der Waals surface area contributed by atoms with Gasteiger partial charge in [0.25, 0.3) is 0 Å². The van der Waals surface area contributed by atoms with Crippen molar-refractivity contribution in [1.29, 1.82) is 0 Å². The highest BCUT2D eigenvalue weighted by molar-refractivity contribution is 5.26. The van der Waals surface area contributed by atoms with Gasteiger partial charge >= 0.3 is 5.69 Å². The molecule has 0 saturated carbocycles. The van der Waals surface area contributed by atoms with Gasteiger partial charge in [0, 0.05) is 36.6 Å². The number of nitrogens with two attached hydrogens (primary N) is 1. The summed E-state index contributed by atoms with van der Waals surface area (Å²) in [5, 5.41) is 0. The second-order valence-corrected chi connectivity index (χ2v) is 4.09. The lowest BCUT2D eigenvalue weighted by atomic mass is 10.1. The lowest BCUT2D eigenvalue weighted by Gasteiger charge is -2.07. The molecule has 0 aliphatic heterocycles. The molecule has 4 nitrogen and oxygen atoms in total. The molecule has 0 amide bonds. The van der Waals surface area contributed by atoms with Gasteiger partial charge in [-0.25, -0.2) is 9.18 Å². The lowest BCUT2D eigenvalue weighted by Crippen LogP contribution is -2.24. The molecule has 0 bridgehead atoms. The van der Waals surface area contributed by atoms with Crippen LogP contribution in [-0.2, 0) is 19.6 Å². The Bertz CT molecular complexity index is 601. The van der Waals surface area contributed by atoms with Gasteiger partial charge < -0.3 is 5.73 Å². The van der Waals surface area contributed by atoms with Gasteiger partial charge in [-0.2, -0.15) is 0 Å². The number of aryl methyl sites for hydroxylation is 1. The van der Waals surface area contributed by atoms with Gasteiger partial charge in [-0.05, 0) is 6.92 Å². The lowest BCUT2D eigenvalue weighted by molar-refractivity contribution is 0.577. The van der Waals surface area contributed by atoms with Crippen molar-refractivity contribution in [3.05, 3.63) is 58.0 Å². The number of aromatic nitrogens is 2. The summed E-state index contributed by atoms with van der Waals surface area (Å²) in [6.07, 6.45) is 3.37. The van der Waals surface area contributed by atoms with Crippen LogP contribution in [0, 0.1) is 5.82 Å². The molecule has 18 heavy (non-hydrogen) atoms. The van der Waals surface area contributed by atoms with Gasteiger partial charge in [0.05, 0.1) is 6.54 Å². The zero-order valence-corrected chi connectivity index (χ0v) is 10.3. The second kappa shape index (κ2) is 5.18. The van der Waals surface area contributed by atoms with Crippen LogP contribution in [0.15, 0.2) is 35.4 Å². The first-order valence-electron chi connectivity index (χ1n) is 5.89. The summed E-state index contributed by atoms with van der Waals surface area (Å²) in [6.45, 7) is 2.88. The number of nitrogens with zero attached hydrogens (tertiary/aromatic N) is 2. The summed E-state index contributed by atoms with van der Waals surface area (Å²) in [7, 11) is 0. The van der Waals surface area contributed by atoms with Crippen LogP contribution in [-0.4, -0.2) is 9.13 Å². The van der Waals surface area contributed by atoms with E-state index in [9.17, 15) is 9.18 Å². The molecule has 1 aromatic carbocycles. The van der Waals surface area contributed by atoms with Crippen LogP contribution < -0.4 is 11.4 Å². The first kappa shape index (κ1) is 12.6. The van der Waals surface area contributed by atoms with E-state index in [0.717, 1.165) is 0 Å². The number of imidazole rings is 1. The van der Waals surface area contributed by atoms with Gasteiger partial charge in [0.15, 0.2) is 0 Å². The molecule has 0 aliphatic carbocycles. The molecule has 2 aromatic rings. The molecular weight excluding hydrogens is 233 g/mol. The molecule has 96 valence electrons. The molecule has 2 rings (SSSR count). The van der Waals surface area contributed by atoms with Gasteiger partial charge in [0.2, 0.25) is 0 Å². The summed E-state index contributed by atoms with van der Waals surface area (Å²) in [5.74, 6) is -0.323. The topological polar surface area (TPSA) is 52.9 Å². The Hall–Kier alpha value is -1.88. The second-order valence-electron chi connectivity index (χ2n) is 4.09. The van der Waals surface area contributed by atoms with E-state index in [4.69, 9.17) is 5.73 Å². The molecular formula is C13H16FN3O. The minimum atomic E-state index is -0.323. The predicted molar refractivity (Wildman–Crippen MR) is 67.8 cm³/mol. The fourth-order valence-electron chi connectivity index (χ4n) is 1.91. The highest BCUT2D eigenvalue weighted by atomic mass is 19.1. The Morgan fingerprint density at radius 1 is 1.22 bits per heavy atom. The number of hydrogen-bond acceptors (Lipinski definition) is 2. The van der Waals surface area contributed by atoms with Crippen LogP contribution >= 0.6 is 0 Å². The monoisotopic (exact) mass is 249 g/mol. The van der Waals surface area contributed by atoms with Crippen molar-refractivity contribution in [2.24, 2.45) is 5.73 Å². The molecule has 1 heterocycles. The van der Waals surface area contributed by atoms with Gasteiger partial charge in [0.1, 0.15) is 5.82 Å². The maximum atomic E-state index is 14.0. The van der Waals surface area contributed by atoms with E-state index in [1.54, 1.807) is 35.2 Å². The number of benzene rings is 1. The number of hydrogen-bond donors (Lipinski definition) is 1. The molecule has 1 aromatic heterocycles. The number of halogens is 1. The first-order valence-corrected chi connectivity index (χ1v) is 5.89. The van der Waals surface area contributed by atoms with E-state index >= 15 is 0 Å². The Balaban J connectivity index is 2.34. The summed E-state index contributed by atoms with van der Waals surface area (Å²) in [5.41, 5.74) is 6.27. The standard InChI is InChI=1S/C13H16FN3O/c1-2-16-6-7-17(13(16)18)9-11-5-3-4-10(8-15)12(11)14/h3-7H,2,8-9,15H2,1H3. The summed E-state index contributed by atoms with van der Waals surface area (Å²) >= 11 is 0. The van der Waals surface area contributed by atoms with Crippen molar-refractivity contribution >= 4 is 0 Å². The third-order valence-electron chi connectivity index (χ3n) is 2.98. The van der Waals surface area contributed by atoms with E-state index in [-0.39, 0.29) is 24.6 Å². The zero-order valence-electron chi connectivity index (χ0n) is 10.3. The zero-order chi connectivity index (χ0) is 13.1. The SMILES string of the molecule is CCn1ccn(Cc2cccc(CN)c2F)c1=O. The Labute approximate surface area is 104 Å². The minimum absolute atomic E-state index is 0.130.